The van der Waals surface area contributed by atoms with Gasteiger partial charge in [0, 0.05) is 18.5 Å². The van der Waals surface area contributed by atoms with Gasteiger partial charge < -0.3 is 20.1 Å². The number of ether oxygens (including phenoxy) is 2. The molecule has 6 heteroatoms. The standard InChI is InChI=1S/C21H26N2O3.ClH/c1-15-13-17(11-12-22-15)21(24)23-14-16-7-9-18(10-8-16)26-20-6-4-3-5-19(20)25-2;/h3-10,15,17,22H,11-14H2,1-2H3,(H,23,24);1H/t15-,17-;/m0./s1. The predicted octanol–water partition coefficient (Wildman–Crippen LogP) is 3.91. The molecule has 5 nitrogen and oxygen atoms in total. The van der Waals surface area contributed by atoms with Crippen LogP contribution in [0.3, 0.4) is 0 Å². The third kappa shape index (κ3) is 5.88. The van der Waals surface area contributed by atoms with E-state index < -0.39 is 0 Å². The van der Waals surface area contributed by atoms with Gasteiger partial charge >= 0.3 is 0 Å². The van der Waals surface area contributed by atoms with Gasteiger partial charge in [-0.1, -0.05) is 24.3 Å². The van der Waals surface area contributed by atoms with Gasteiger partial charge in [0.1, 0.15) is 5.75 Å². The topological polar surface area (TPSA) is 59.6 Å². The molecule has 1 saturated heterocycles. The molecule has 2 N–H and O–H groups in total. The lowest BCUT2D eigenvalue weighted by atomic mass is 9.92. The molecule has 1 heterocycles. The minimum Gasteiger partial charge on any atom is -0.493 e. The average Bonchev–Trinajstić information content (AvgIpc) is 2.67. The summed E-state index contributed by atoms with van der Waals surface area (Å²) in [5.41, 5.74) is 1.05. The highest BCUT2D eigenvalue weighted by Crippen LogP contribution is 2.30. The molecule has 0 aliphatic carbocycles. The van der Waals surface area contributed by atoms with Gasteiger partial charge in [-0.25, -0.2) is 0 Å². The van der Waals surface area contributed by atoms with Crippen molar-refractivity contribution in [1.82, 2.24) is 10.6 Å². The number of carbonyl (C=O) groups excluding carboxylic acids is 1. The summed E-state index contributed by atoms with van der Waals surface area (Å²) in [6, 6.07) is 15.7. The number of hydrogen-bond donors (Lipinski definition) is 2. The monoisotopic (exact) mass is 390 g/mol. The molecule has 1 amide bonds. The molecular weight excluding hydrogens is 364 g/mol. The third-order valence-electron chi connectivity index (χ3n) is 4.68. The van der Waals surface area contributed by atoms with E-state index in [1.54, 1.807) is 7.11 Å². The summed E-state index contributed by atoms with van der Waals surface area (Å²) < 4.78 is 11.2. The highest BCUT2D eigenvalue weighted by Gasteiger charge is 2.24. The Kier molecular flexibility index (Phi) is 7.95. The highest BCUT2D eigenvalue weighted by molar-refractivity contribution is 5.85. The van der Waals surface area contributed by atoms with Crippen molar-refractivity contribution >= 4 is 18.3 Å². The van der Waals surface area contributed by atoms with E-state index in [0.29, 0.717) is 24.1 Å². The van der Waals surface area contributed by atoms with E-state index >= 15 is 0 Å². The fourth-order valence-corrected chi connectivity index (χ4v) is 3.21. The van der Waals surface area contributed by atoms with E-state index in [0.717, 1.165) is 30.7 Å². The Morgan fingerprint density at radius 2 is 1.85 bits per heavy atom. The number of rotatable bonds is 6. The number of hydrogen-bond acceptors (Lipinski definition) is 4. The number of benzene rings is 2. The van der Waals surface area contributed by atoms with Gasteiger partial charge in [0.15, 0.2) is 11.5 Å². The summed E-state index contributed by atoms with van der Waals surface area (Å²) in [7, 11) is 1.62. The first-order chi connectivity index (χ1) is 12.7. The Morgan fingerprint density at radius 1 is 1.15 bits per heavy atom. The summed E-state index contributed by atoms with van der Waals surface area (Å²) in [6.45, 7) is 3.57. The highest BCUT2D eigenvalue weighted by atomic mass is 35.5. The van der Waals surface area contributed by atoms with Crippen LogP contribution in [-0.2, 0) is 11.3 Å². The van der Waals surface area contributed by atoms with Crippen molar-refractivity contribution in [3.8, 4) is 17.2 Å². The van der Waals surface area contributed by atoms with Crippen LogP contribution in [0.1, 0.15) is 25.3 Å². The van der Waals surface area contributed by atoms with Crippen molar-refractivity contribution in [3.63, 3.8) is 0 Å². The fraction of sp³-hybridized carbons (Fsp3) is 0.381. The molecule has 1 fully saturated rings. The van der Waals surface area contributed by atoms with E-state index in [1.165, 1.54) is 0 Å². The fourth-order valence-electron chi connectivity index (χ4n) is 3.21. The van der Waals surface area contributed by atoms with E-state index in [-0.39, 0.29) is 24.2 Å². The van der Waals surface area contributed by atoms with E-state index in [4.69, 9.17) is 9.47 Å². The molecule has 3 rings (SSSR count). The molecule has 0 saturated carbocycles. The van der Waals surface area contributed by atoms with Gasteiger partial charge in [0.05, 0.1) is 7.11 Å². The Labute approximate surface area is 166 Å². The lowest BCUT2D eigenvalue weighted by Gasteiger charge is -2.27. The number of amides is 1. The summed E-state index contributed by atoms with van der Waals surface area (Å²) in [5, 5.41) is 6.42. The van der Waals surface area contributed by atoms with E-state index in [2.05, 4.69) is 17.6 Å². The van der Waals surface area contributed by atoms with Crippen LogP contribution in [0.25, 0.3) is 0 Å². The second-order valence-corrected chi connectivity index (χ2v) is 6.69. The molecular formula is C21H27ClN2O3. The zero-order valence-electron chi connectivity index (χ0n) is 15.7. The molecule has 27 heavy (non-hydrogen) atoms. The van der Waals surface area contributed by atoms with Crippen molar-refractivity contribution < 1.29 is 14.3 Å². The van der Waals surface area contributed by atoms with Gasteiger partial charge in [-0.05, 0) is 56.1 Å². The Morgan fingerprint density at radius 3 is 2.52 bits per heavy atom. The zero-order valence-corrected chi connectivity index (χ0v) is 16.6. The van der Waals surface area contributed by atoms with Crippen LogP contribution in [0.4, 0.5) is 0 Å². The minimum atomic E-state index is 0. The number of carbonyl (C=O) groups is 1. The van der Waals surface area contributed by atoms with Crippen LogP contribution < -0.4 is 20.1 Å². The third-order valence-corrected chi connectivity index (χ3v) is 4.68. The van der Waals surface area contributed by atoms with E-state index in [1.807, 2.05) is 48.5 Å². The minimum absolute atomic E-state index is 0. The van der Waals surface area contributed by atoms with E-state index in [9.17, 15) is 4.79 Å². The Balaban J connectivity index is 0.00000261. The van der Waals surface area contributed by atoms with Gasteiger partial charge in [0.2, 0.25) is 5.91 Å². The number of halogens is 1. The lowest BCUT2D eigenvalue weighted by Crippen LogP contribution is -2.42. The molecule has 146 valence electrons. The van der Waals surface area contributed by atoms with Crippen molar-refractivity contribution in [1.29, 1.82) is 0 Å². The van der Waals surface area contributed by atoms with Crippen molar-refractivity contribution in [2.24, 2.45) is 5.92 Å². The van der Waals surface area contributed by atoms with Crippen molar-refractivity contribution in [2.45, 2.75) is 32.4 Å². The van der Waals surface area contributed by atoms with Gasteiger partial charge in [0.25, 0.3) is 0 Å². The lowest BCUT2D eigenvalue weighted by molar-refractivity contribution is -0.126. The maximum atomic E-state index is 12.3. The largest absolute Gasteiger partial charge is 0.493 e. The number of methoxy groups -OCH3 is 1. The smallest absolute Gasteiger partial charge is 0.223 e. The Hall–Kier alpha value is -2.24. The molecule has 0 unspecified atom stereocenters. The van der Waals surface area contributed by atoms with Crippen LogP contribution >= 0.6 is 12.4 Å². The molecule has 1 aliphatic heterocycles. The molecule has 0 aromatic heterocycles. The first-order valence-electron chi connectivity index (χ1n) is 9.06. The summed E-state index contributed by atoms with van der Waals surface area (Å²) in [5.74, 6) is 2.36. The second kappa shape index (κ2) is 10.2. The molecule has 1 aliphatic rings. The van der Waals surface area contributed by atoms with Gasteiger partial charge in [-0.3, -0.25) is 4.79 Å². The van der Waals surface area contributed by atoms with Crippen LogP contribution in [0.5, 0.6) is 17.2 Å². The Bertz CT molecular complexity index is 736. The summed E-state index contributed by atoms with van der Waals surface area (Å²) in [4.78, 5) is 12.3. The first kappa shape index (κ1) is 21.1. The predicted molar refractivity (Wildman–Crippen MR) is 109 cm³/mol. The van der Waals surface area contributed by atoms with Crippen LogP contribution in [0, 0.1) is 5.92 Å². The molecule has 0 radical (unpaired) electrons. The number of para-hydroxylation sites is 2. The summed E-state index contributed by atoms with van der Waals surface area (Å²) in [6.07, 6.45) is 1.80. The quantitative estimate of drug-likeness (QED) is 0.785. The average molecular weight is 391 g/mol. The SMILES string of the molecule is COc1ccccc1Oc1ccc(CNC(=O)[C@H]2CCN[C@@H](C)C2)cc1.Cl. The maximum absolute atomic E-state index is 12.3. The van der Waals surface area contributed by atoms with Gasteiger partial charge in [-0.15, -0.1) is 12.4 Å². The van der Waals surface area contributed by atoms with Crippen LogP contribution in [0.2, 0.25) is 0 Å². The molecule has 2 aromatic rings. The number of piperidine rings is 1. The van der Waals surface area contributed by atoms with Crippen LogP contribution in [-0.4, -0.2) is 25.6 Å². The molecule has 2 aromatic carbocycles. The zero-order chi connectivity index (χ0) is 18.4. The number of nitrogens with one attached hydrogen (secondary N) is 2. The van der Waals surface area contributed by atoms with Crippen LogP contribution in [0.15, 0.2) is 48.5 Å². The van der Waals surface area contributed by atoms with Gasteiger partial charge in [-0.2, -0.15) is 0 Å². The normalized spacial score (nSPS) is 18.9. The first-order valence-corrected chi connectivity index (χ1v) is 9.06. The summed E-state index contributed by atoms with van der Waals surface area (Å²) >= 11 is 0. The van der Waals surface area contributed by atoms with Crippen molar-refractivity contribution in [3.05, 3.63) is 54.1 Å². The maximum Gasteiger partial charge on any atom is 0.223 e. The van der Waals surface area contributed by atoms with Crippen molar-refractivity contribution in [2.75, 3.05) is 13.7 Å². The molecule has 2 atom stereocenters. The molecule has 0 spiro atoms. The second-order valence-electron chi connectivity index (χ2n) is 6.69. The molecule has 0 bridgehead atoms.